The minimum absolute atomic E-state index is 0.333. The maximum atomic E-state index is 12.3. The molecule has 0 bridgehead atoms. The van der Waals surface area contributed by atoms with Crippen molar-refractivity contribution in [3.8, 4) is 22.8 Å². The molecule has 0 saturated carbocycles. The van der Waals surface area contributed by atoms with E-state index in [1.54, 1.807) is 6.07 Å². The van der Waals surface area contributed by atoms with Gasteiger partial charge in [0.15, 0.2) is 5.13 Å². The molecule has 0 aliphatic rings. The monoisotopic (exact) mass is 446 g/mol. The fourth-order valence-electron chi connectivity index (χ4n) is 2.44. The first-order valence-electron chi connectivity index (χ1n) is 8.13. The molecule has 8 heteroatoms. The maximum absolute atomic E-state index is 12.3. The van der Waals surface area contributed by atoms with Crippen molar-refractivity contribution in [1.82, 2.24) is 4.98 Å². The topological polar surface area (TPSA) is 51.2 Å². The lowest BCUT2D eigenvalue weighted by molar-refractivity contribution is 0.102. The summed E-state index contributed by atoms with van der Waals surface area (Å²) in [5, 5.41) is 5.12. The van der Waals surface area contributed by atoms with Gasteiger partial charge in [-0.15, -0.1) is 22.7 Å². The molecule has 4 rings (SSSR count). The Bertz CT molecular complexity index is 1110. The molecular formula is C20H12Cl2N2O2S2. The Morgan fingerprint density at radius 3 is 2.39 bits per heavy atom. The van der Waals surface area contributed by atoms with Crippen LogP contribution in [0, 0.1) is 0 Å². The molecule has 2 aromatic carbocycles. The summed E-state index contributed by atoms with van der Waals surface area (Å²) in [6, 6.07) is 18.7. The summed E-state index contributed by atoms with van der Waals surface area (Å²) < 4.78 is 6.61. The maximum Gasteiger partial charge on any atom is 0.259 e. The number of ether oxygens (including phenoxy) is 1. The third-order valence-corrected chi connectivity index (χ3v) is 6.00. The van der Waals surface area contributed by atoms with Crippen molar-refractivity contribution in [2.75, 3.05) is 5.32 Å². The third kappa shape index (κ3) is 4.36. The summed E-state index contributed by atoms with van der Waals surface area (Å²) in [5.41, 5.74) is 2.03. The SMILES string of the molecule is O=C(Nc1nc(-c2ccc(Oc3ccccc3)cc2)cs1)c1cc(Cl)sc1Cl. The van der Waals surface area contributed by atoms with Crippen LogP contribution in [0.25, 0.3) is 11.3 Å². The Hall–Kier alpha value is -2.38. The van der Waals surface area contributed by atoms with Crippen molar-refractivity contribution >= 4 is 56.9 Å². The fourth-order valence-corrected chi connectivity index (χ4v) is 4.61. The first-order valence-corrected chi connectivity index (χ1v) is 10.6. The molecule has 0 spiro atoms. The highest BCUT2D eigenvalue weighted by atomic mass is 35.5. The van der Waals surface area contributed by atoms with E-state index in [9.17, 15) is 4.79 Å². The van der Waals surface area contributed by atoms with E-state index >= 15 is 0 Å². The quantitative estimate of drug-likeness (QED) is 0.351. The molecule has 0 aliphatic carbocycles. The number of carbonyl (C=O) groups is 1. The second-order valence-electron chi connectivity index (χ2n) is 5.67. The van der Waals surface area contributed by atoms with Crippen molar-refractivity contribution in [2.45, 2.75) is 0 Å². The molecule has 28 heavy (non-hydrogen) atoms. The predicted molar refractivity (Wildman–Crippen MR) is 116 cm³/mol. The van der Waals surface area contributed by atoms with Gasteiger partial charge in [-0.25, -0.2) is 4.98 Å². The average Bonchev–Trinajstić information content (AvgIpc) is 3.29. The van der Waals surface area contributed by atoms with Gasteiger partial charge in [0.25, 0.3) is 5.91 Å². The van der Waals surface area contributed by atoms with Crippen LogP contribution in [-0.4, -0.2) is 10.9 Å². The third-order valence-electron chi connectivity index (χ3n) is 3.75. The highest BCUT2D eigenvalue weighted by molar-refractivity contribution is 7.20. The highest BCUT2D eigenvalue weighted by Gasteiger charge is 2.16. The summed E-state index contributed by atoms with van der Waals surface area (Å²) in [5.74, 6) is 1.18. The lowest BCUT2D eigenvalue weighted by Gasteiger charge is -2.05. The molecule has 0 unspecified atom stereocenters. The number of thiophene rings is 1. The number of amides is 1. The van der Waals surface area contributed by atoms with Gasteiger partial charge in [0.2, 0.25) is 0 Å². The molecule has 2 heterocycles. The van der Waals surface area contributed by atoms with Gasteiger partial charge in [-0.05, 0) is 42.5 Å². The zero-order chi connectivity index (χ0) is 19.5. The van der Waals surface area contributed by atoms with Gasteiger partial charge in [-0.3, -0.25) is 10.1 Å². The largest absolute Gasteiger partial charge is 0.457 e. The molecule has 0 atom stereocenters. The van der Waals surface area contributed by atoms with Crippen molar-refractivity contribution in [3.05, 3.63) is 80.3 Å². The van der Waals surface area contributed by atoms with Crippen molar-refractivity contribution < 1.29 is 9.53 Å². The number of aromatic nitrogens is 1. The lowest BCUT2D eigenvalue weighted by atomic mass is 10.2. The Kier molecular flexibility index (Phi) is 5.64. The number of nitrogens with zero attached hydrogens (tertiary/aromatic N) is 1. The number of thiazole rings is 1. The van der Waals surface area contributed by atoms with Crippen molar-refractivity contribution in [3.63, 3.8) is 0 Å². The van der Waals surface area contributed by atoms with Crippen LogP contribution >= 0.6 is 45.9 Å². The molecule has 0 saturated heterocycles. The van der Waals surface area contributed by atoms with Gasteiger partial charge in [0.05, 0.1) is 15.6 Å². The molecular weight excluding hydrogens is 435 g/mol. The molecule has 0 aliphatic heterocycles. The average molecular weight is 447 g/mol. The summed E-state index contributed by atoms with van der Waals surface area (Å²) in [6.45, 7) is 0. The van der Waals surface area contributed by atoms with Gasteiger partial charge in [-0.2, -0.15) is 0 Å². The predicted octanol–water partition coefficient (Wildman–Crippen LogP) is 7.22. The molecule has 1 amide bonds. The number of hydrogen-bond donors (Lipinski definition) is 1. The fraction of sp³-hybridized carbons (Fsp3) is 0. The molecule has 0 radical (unpaired) electrons. The standard InChI is InChI=1S/C20H12Cl2N2O2S2/c21-17-10-15(18(22)28-17)19(25)24-20-23-16(11-27-20)12-6-8-14(9-7-12)26-13-4-2-1-3-5-13/h1-11H,(H,23,24,25). The van der Waals surface area contributed by atoms with E-state index in [4.69, 9.17) is 27.9 Å². The number of carbonyl (C=O) groups excluding carboxylic acids is 1. The first kappa shape index (κ1) is 19.0. The van der Waals surface area contributed by atoms with Gasteiger partial charge in [-0.1, -0.05) is 41.4 Å². The highest BCUT2D eigenvalue weighted by Crippen LogP contribution is 2.32. The van der Waals surface area contributed by atoms with Crippen LogP contribution in [0.1, 0.15) is 10.4 Å². The number of para-hydroxylation sites is 1. The van der Waals surface area contributed by atoms with Crippen LogP contribution < -0.4 is 10.1 Å². The number of halogens is 2. The number of anilines is 1. The van der Waals surface area contributed by atoms with Crippen LogP contribution in [0.2, 0.25) is 8.67 Å². The Balaban J connectivity index is 1.45. The summed E-state index contributed by atoms with van der Waals surface area (Å²) >= 11 is 14.4. The number of hydrogen-bond acceptors (Lipinski definition) is 5. The van der Waals surface area contributed by atoms with Crippen LogP contribution in [0.15, 0.2) is 66.0 Å². The summed E-state index contributed by atoms with van der Waals surface area (Å²) in [7, 11) is 0. The zero-order valence-electron chi connectivity index (χ0n) is 14.2. The van der Waals surface area contributed by atoms with Crippen molar-refractivity contribution in [2.24, 2.45) is 0 Å². The molecule has 2 aromatic heterocycles. The van der Waals surface area contributed by atoms with E-state index < -0.39 is 0 Å². The number of rotatable bonds is 5. The minimum atomic E-state index is -0.333. The van der Waals surface area contributed by atoms with E-state index in [1.165, 1.54) is 11.3 Å². The minimum Gasteiger partial charge on any atom is -0.457 e. The van der Waals surface area contributed by atoms with E-state index in [0.717, 1.165) is 34.1 Å². The second kappa shape index (κ2) is 8.32. The van der Waals surface area contributed by atoms with Crippen molar-refractivity contribution in [1.29, 1.82) is 0 Å². The van der Waals surface area contributed by atoms with Crippen LogP contribution in [0.4, 0.5) is 5.13 Å². The summed E-state index contributed by atoms with van der Waals surface area (Å²) in [6.07, 6.45) is 0. The Morgan fingerprint density at radius 2 is 1.71 bits per heavy atom. The van der Waals surface area contributed by atoms with Crippen LogP contribution in [-0.2, 0) is 0 Å². The number of nitrogens with one attached hydrogen (secondary N) is 1. The Labute approximate surface area is 179 Å². The van der Waals surface area contributed by atoms with E-state index in [2.05, 4.69) is 10.3 Å². The van der Waals surface area contributed by atoms with E-state index in [-0.39, 0.29) is 5.91 Å². The van der Waals surface area contributed by atoms with Gasteiger partial charge in [0.1, 0.15) is 15.8 Å². The summed E-state index contributed by atoms with van der Waals surface area (Å²) in [4.78, 5) is 16.8. The van der Waals surface area contributed by atoms with Crippen LogP contribution in [0.5, 0.6) is 11.5 Å². The lowest BCUT2D eigenvalue weighted by Crippen LogP contribution is -2.11. The smallest absolute Gasteiger partial charge is 0.259 e. The molecule has 0 fully saturated rings. The van der Waals surface area contributed by atoms with Gasteiger partial charge >= 0.3 is 0 Å². The molecule has 1 N–H and O–H groups in total. The van der Waals surface area contributed by atoms with E-state index in [0.29, 0.717) is 19.4 Å². The molecule has 4 nitrogen and oxygen atoms in total. The first-order chi connectivity index (χ1) is 13.6. The van der Waals surface area contributed by atoms with Gasteiger partial charge < -0.3 is 4.74 Å². The zero-order valence-corrected chi connectivity index (χ0v) is 17.3. The van der Waals surface area contributed by atoms with E-state index in [1.807, 2.05) is 60.0 Å². The van der Waals surface area contributed by atoms with Crippen LogP contribution in [0.3, 0.4) is 0 Å². The Morgan fingerprint density at radius 1 is 1.00 bits per heavy atom. The van der Waals surface area contributed by atoms with Gasteiger partial charge in [0, 0.05) is 10.9 Å². The normalized spacial score (nSPS) is 10.6. The number of benzene rings is 2. The molecule has 140 valence electrons. The second-order valence-corrected chi connectivity index (χ2v) is 8.81. The molecule has 4 aromatic rings.